The van der Waals surface area contributed by atoms with Crippen LogP contribution >= 0.6 is 0 Å². The van der Waals surface area contributed by atoms with Crippen molar-refractivity contribution in [3.63, 3.8) is 0 Å². The van der Waals surface area contributed by atoms with E-state index in [-0.39, 0.29) is 59.8 Å². The second-order valence-electron chi connectivity index (χ2n) is 14.9. The number of benzene rings is 2. The molecule has 4 aromatic rings. The molecular weight excluding hydrogens is 758 g/mol. The van der Waals surface area contributed by atoms with Crippen LogP contribution in [0.5, 0.6) is 11.5 Å². The fourth-order valence-electron chi connectivity index (χ4n) is 7.01. The van der Waals surface area contributed by atoms with Gasteiger partial charge in [0.25, 0.3) is 0 Å². The Balaban J connectivity index is 0.000000174. The number of nitrogens with one attached hydrogen (secondary N) is 1. The van der Waals surface area contributed by atoms with Gasteiger partial charge in [-0.1, -0.05) is 0 Å². The van der Waals surface area contributed by atoms with E-state index < -0.39 is 47.7 Å². The zero-order valence-electron chi connectivity index (χ0n) is 31.4. The maximum absolute atomic E-state index is 13.6. The second-order valence-corrected chi connectivity index (χ2v) is 14.9. The number of aromatic nitrogens is 4. The van der Waals surface area contributed by atoms with E-state index in [0.717, 1.165) is 84.8 Å². The van der Waals surface area contributed by atoms with Gasteiger partial charge < -0.3 is 29.5 Å². The zero-order chi connectivity index (χ0) is 40.2. The largest absolute Gasteiger partial charge is 0.486 e. The number of hydrogen-bond acceptors (Lipinski definition) is 10. The molecule has 4 atom stereocenters. The number of ether oxygens (including phenoxy) is 2. The monoisotopic (exact) mass is 802 g/mol. The number of rotatable bonds is 12. The first-order chi connectivity index (χ1) is 27.5. The lowest BCUT2D eigenvalue weighted by atomic mass is 10.2. The quantitative estimate of drug-likeness (QED) is 0.210. The number of anilines is 2. The predicted octanol–water partition coefficient (Wildman–Crippen LogP) is 4.15. The molecule has 306 valence electrons. The minimum absolute atomic E-state index is 0.0182. The Kier molecular flexibility index (Phi) is 12.4. The van der Waals surface area contributed by atoms with Crippen molar-refractivity contribution in [3.05, 3.63) is 92.8 Å². The summed E-state index contributed by atoms with van der Waals surface area (Å²) in [5.41, 5.74) is -0.143. The molecule has 18 heteroatoms. The van der Waals surface area contributed by atoms with E-state index in [1.54, 1.807) is 0 Å². The second kappa shape index (κ2) is 17.6. The smallest absolute Gasteiger partial charge is 0.316 e. The van der Waals surface area contributed by atoms with Gasteiger partial charge in [0.1, 0.15) is 34.6 Å². The molecule has 0 spiro atoms. The van der Waals surface area contributed by atoms with E-state index in [1.807, 2.05) is 16.8 Å². The standard InChI is InChI=1S/C20H23F3N4O2.C19H21F3N4O2/c1-25-2-4-26(5-3-25)18-11-24-27(17-8-15(22)7-16(23)9-17)20(28)19(18)29-12-14-6-13(14)10-21;20-9-12-5-13(12)11-28-18-17(25-3-1-23-2-4-25)10-24-26(19(18)27)16-7-14(21)6-15(22)8-16/h7-9,11,13-14H,2-6,10,12H2,1H3;6-8,10,12-13,23H,1-5,9,11H2/t13-,14-;12-,13-/m11/s1. The van der Waals surface area contributed by atoms with Gasteiger partial charge >= 0.3 is 11.1 Å². The Morgan fingerprint density at radius 2 is 1.02 bits per heavy atom. The van der Waals surface area contributed by atoms with Crippen molar-refractivity contribution >= 4 is 11.4 Å². The van der Waals surface area contributed by atoms with Crippen molar-refractivity contribution < 1.29 is 35.8 Å². The van der Waals surface area contributed by atoms with Gasteiger partial charge in [-0.2, -0.15) is 19.6 Å². The molecule has 0 radical (unpaired) electrons. The number of likely N-dealkylation sites (N-methyl/N-ethyl adjacent to an activating group) is 1. The fraction of sp³-hybridized carbons (Fsp3) is 0.487. The zero-order valence-corrected chi connectivity index (χ0v) is 31.4. The molecule has 2 aliphatic carbocycles. The fourth-order valence-corrected chi connectivity index (χ4v) is 7.01. The molecule has 12 nitrogen and oxygen atoms in total. The molecule has 2 aliphatic heterocycles. The van der Waals surface area contributed by atoms with Crippen LogP contribution in [0.1, 0.15) is 12.8 Å². The SMILES string of the molecule is CN1CCN(c2cnn(-c3cc(F)cc(F)c3)c(=O)c2OC[C@H]2C[C@@H]2CF)CC1.O=c1c(OC[C@H]2C[C@@H]2CF)c(N2CCNCC2)cnn1-c1cc(F)cc(F)c1. The summed E-state index contributed by atoms with van der Waals surface area (Å²) < 4.78 is 93.5. The van der Waals surface area contributed by atoms with Crippen molar-refractivity contribution in [1.82, 2.24) is 29.8 Å². The molecular formula is C39H44F6N8O4. The minimum atomic E-state index is -0.805. The molecule has 0 bridgehead atoms. The number of nitrogens with zero attached hydrogens (tertiary/aromatic N) is 7. The van der Waals surface area contributed by atoms with Crippen molar-refractivity contribution in [3.8, 4) is 22.9 Å². The van der Waals surface area contributed by atoms with E-state index in [0.29, 0.717) is 37.6 Å². The first-order valence-corrected chi connectivity index (χ1v) is 19.0. The van der Waals surface area contributed by atoms with Crippen molar-refractivity contribution in [2.75, 3.05) is 95.8 Å². The molecule has 2 saturated heterocycles. The van der Waals surface area contributed by atoms with Gasteiger partial charge in [-0.3, -0.25) is 18.4 Å². The maximum Gasteiger partial charge on any atom is 0.316 e. The van der Waals surface area contributed by atoms with Gasteiger partial charge in [0.2, 0.25) is 11.5 Å². The Morgan fingerprint density at radius 1 is 0.614 bits per heavy atom. The summed E-state index contributed by atoms with van der Waals surface area (Å²) in [7, 11) is 2.02. The lowest BCUT2D eigenvalue weighted by molar-refractivity contribution is 0.275. The average molecular weight is 803 g/mol. The molecule has 4 fully saturated rings. The van der Waals surface area contributed by atoms with Crippen LogP contribution in [0.4, 0.5) is 37.7 Å². The van der Waals surface area contributed by atoms with Crippen LogP contribution in [-0.4, -0.2) is 110 Å². The highest BCUT2D eigenvalue weighted by molar-refractivity contribution is 5.58. The first-order valence-electron chi connectivity index (χ1n) is 19.0. The van der Waals surface area contributed by atoms with Gasteiger partial charge in [-0.05, 0) is 67.8 Å². The summed E-state index contributed by atoms with van der Waals surface area (Å²) in [5.74, 6) is -2.95. The number of alkyl halides is 2. The predicted molar refractivity (Wildman–Crippen MR) is 200 cm³/mol. The number of hydrogen-bond donors (Lipinski definition) is 1. The van der Waals surface area contributed by atoms with E-state index in [2.05, 4.69) is 20.4 Å². The minimum Gasteiger partial charge on any atom is -0.486 e. The third kappa shape index (κ3) is 9.55. The lowest BCUT2D eigenvalue weighted by Gasteiger charge is -2.34. The van der Waals surface area contributed by atoms with Crippen LogP contribution < -0.4 is 35.7 Å². The Bertz CT molecular complexity index is 2120. The highest BCUT2D eigenvalue weighted by Gasteiger charge is 2.39. The molecule has 4 heterocycles. The average Bonchev–Trinajstić information content (AvgIpc) is 4.13. The van der Waals surface area contributed by atoms with Crippen LogP contribution in [0.15, 0.2) is 58.4 Å². The normalized spacial score (nSPS) is 21.8. The highest BCUT2D eigenvalue weighted by atomic mass is 19.2. The summed E-state index contributed by atoms with van der Waals surface area (Å²) >= 11 is 0. The van der Waals surface area contributed by atoms with Gasteiger partial charge in [-0.15, -0.1) is 0 Å². The van der Waals surface area contributed by atoms with E-state index in [9.17, 15) is 35.9 Å². The molecule has 0 amide bonds. The number of piperazine rings is 2. The van der Waals surface area contributed by atoms with Crippen molar-refractivity contribution in [2.45, 2.75) is 12.8 Å². The summed E-state index contributed by atoms with van der Waals surface area (Å²) in [6.07, 6.45) is 4.43. The Labute approximate surface area is 324 Å². The van der Waals surface area contributed by atoms with Crippen molar-refractivity contribution in [1.29, 1.82) is 0 Å². The molecule has 2 aromatic carbocycles. The summed E-state index contributed by atoms with van der Waals surface area (Å²) in [6.45, 7) is 5.55. The molecule has 8 rings (SSSR count). The molecule has 57 heavy (non-hydrogen) atoms. The van der Waals surface area contributed by atoms with Crippen LogP contribution in [-0.2, 0) is 0 Å². The Hall–Kier alpha value is -5.10. The van der Waals surface area contributed by atoms with Crippen molar-refractivity contribution in [2.24, 2.45) is 23.7 Å². The molecule has 0 unspecified atom stereocenters. The highest BCUT2D eigenvalue weighted by Crippen LogP contribution is 2.40. The third-order valence-corrected chi connectivity index (χ3v) is 10.7. The number of halogens is 6. The topological polar surface area (TPSA) is 110 Å². The maximum atomic E-state index is 13.6. The summed E-state index contributed by atoms with van der Waals surface area (Å²) in [5, 5.41) is 11.5. The van der Waals surface area contributed by atoms with Crippen LogP contribution in [0.3, 0.4) is 0 Å². The summed E-state index contributed by atoms with van der Waals surface area (Å²) in [6, 6.07) is 5.60. The molecule has 2 aromatic heterocycles. The molecule has 1 N–H and O–H groups in total. The van der Waals surface area contributed by atoms with Crippen LogP contribution in [0.2, 0.25) is 0 Å². The van der Waals surface area contributed by atoms with Gasteiger partial charge in [0.05, 0.1) is 50.3 Å². The molecule has 4 aliphatic rings. The van der Waals surface area contributed by atoms with E-state index >= 15 is 0 Å². The van der Waals surface area contributed by atoms with Crippen LogP contribution in [0.25, 0.3) is 11.4 Å². The van der Waals surface area contributed by atoms with Gasteiger partial charge in [0.15, 0.2) is 0 Å². The molecule has 2 saturated carbocycles. The van der Waals surface area contributed by atoms with E-state index in [4.69, 9.17) is 9.47 Å². The Morgan fingerprint density at radius 3 is 1.40 bits per heavy atom. The van der Waals surface area contributed by atoms with E-state index in [1.165, 1.54) is 12.4 Å². The summed E-state index contributed by atoms with van der Waals surface area (Å²) in [4.78, 5) is 32.4. The van der Waals surface area contributed by atoms with Gasteiger partial charge in [-0.25, -0.2) is 17.6 Å². The lowest BCUT2D eigenvalue weighted by Crippen LogP contribution is -2.45. The first kappa shape index (κ1) is 40.1. The third-order valence-electron chi connectivity index (χ3n) is 10.7. The van der Waals surface area contributed by atoms with Crippen LogP contribution in [0, 0.1) is 46.9 Å². The van der Waals surface area contributed by atoms with Gasteiger partial charge in [0, 0.05) is 64.5 Å².